The molecule has 0 saturated heterocycles. The average Bonchev–Trinajstić information content (AvgIpc) is 0.750. The lowest BCUT2D eigenvalue weighted by molar-refractivity contribution is 0.0939. The molecule has 3 aliphatic rings. The van der Waals surface area contributed by atoms with E-state index in [4.69, 9.17) is 28.4 Å². The van der Waals surface area contributed by atoms with E-state index in [-0.39, 0.29) is 24.9 Å². The zero-order chi connectivity index (χ0) is 63.5. The van der Waals surface area contributed by atoms with E-state index in [1.54, 1.807) is 14.2 Å². The van der Waals surface area contributed by atoms with Crippen LogP contribution in [0.4, 0.5) is 0 Å². The lowest BCUT2D eigenvalue weighted by Crippen LogP contribution is -2.24. The second-order valence-corrected chi connectivity index (χ2v) is 23.5. The third-order valence-electron chi connectivity index (χ3n) is 16.7. The Balaban J connectivity index is 1.19. The van der Waals surface area contributed by atoms with Crippen LogP contribution in [-0.4, -0.2) is 52.5 Å². The predicted octanol–water partition coefficient (Wildman–Crippen LogP) is 16.5. The Morgan fingerprint density at radius 3 is 0.957 bits per heavy atom. The van der Waals surface area contributed by atoms with E-state index in [9.17, 15) is 0 Å². The summed E-state index contributed by atoms with van der Waals surface area (Å²) >= 11 is 0. The Hall–Kier alpha value is -10.4. The van der Waals surface area contributed by atoms with Crippen molar-refractivity contribution in [3.63, 3.8) is 0 Å². The normalized spacial score (nSPS) is 12.6. The highest BCUT2D eigenvalue weighted by Crippen LogP contribution is 2.49. The molecule has 14 bridgehead atoms. The van der Waals surface area contributed by atoms with Gasteiger partial charge in [-0.3, -0.25) is 9.59 Å². The van der Waals surface area contributed by atoms with Gasteiger partial charge in [0, 0.05) is 94.4 Å². The van der Waals surface area contributed by atoms with Crippen molar-refractivity contribution in [3.05, 3.63) is 259 Å². The van der Waals surface area contributed by atoms with Crippen molar-refractivity contribution in [2.24, 2.45) is 0 Å². The van der Waals surface area contributed by atoms with Crippen molar-refractivity contribution in [2.45, 2.75) is 92.2 Å². The standard InChI is InChI=1S/C82H76N2O8/c1-7-33-89-75-61-37-55(31-29-53-21-13-11-14-22-53)38-62(75)46-66-42-58-44-68(78(66)92-36-10-4)48-64-40-56(32-30-54-23-15-12-16-24-54)39-63(76(64)90-34-8-2)47-67-43-57(41-65(45-61)77(67)91-35-9-3)51-83-81(85)71-49-59-25-17-19-27-69(59)73(79(71)87-5)74-70-28-20-18-26-60(70)50-72(80(74)88-6)82(86)84-52-58/h11-28,37-44,49-50H,7-10,33-36,45-48,51-52H2,1-6H3,(H,83,85)(H,84,86). The summed E-state index contributed by atoms with van der Waals surface area (Å²) in [5.74, 6) is 17.0. The van der Waals surface area contributed by atoms with Gasteiger partial charge < -0.3 is 39.1 Å². The zero-order valence-electron chi connectivity index (χ0n) is 53.3. The van der Waals surface area contributed by atoms with Crippen LogP contribution in [0.15, 0.2) is 170 Å². The Morgan fingerprint density at radius 1 is 0.348 bits per heavy atom. The predicted molar refractivity (Wildman–Crippen MR) is 367 cm³/mol. The first-order valence-corrected chi connectivity index (χ1v) is 32.2. The maximum atomic E-state index is 15.5. The quantitative estimate of drug-likeness (QED) is 0.104. The summed E-state index contributed by atoms with van der Waals surface area (Å²) < 4.78 is 41.2. The van der Waals surface area contributed by atoms with Crippen molar-refractivity contribution in [3.8, 4) is 69.3 Å². The zero-order valence-corrected chi connectivity index (χ0v) is 53.3. The maximum Gasteiger partial charge on any atom is 0.255 e. The highest BCUT2D eigenvalue weighted by molar-refractivity contribution is 6.17. The summed E-state index contributed by atoms with van der Waals surface area (Å²) in [5, 5.41) is 9.99. The summed E-state index contributed by atoms with van der Waals surface area (Å²) in [5.41, 5.74) is 14.4. The molecule has 10 heteroatoms. The highest BCUT2D eigenvalue weighted by Gasteiger charge is 2.30. The smallest absolute Gasteiger partial charge is 0.255 e. The third kappa shape index (κ3) is 13.4. The van der Waals surface area contributed by atoms with Gasteiger partial charge >= 0.3 is 0 Å². The van der Waals surface area contributed by atoms with Gasteiger partial charge in [-0.25, -0.2) is 0 Å². The maximum absolute atomic E-state index is 15.5. The number of hydrogen-bond acceptors (Lipinski definition) is 8. The van der Waals surface area contributed by atoms with E-state index in [2.05, 4.69) is 111 Å². The summed E-state index contributed by atoms with van der Waals surface area (Å²) in [6, 6.07) is 57.0. The molecule has 2 aliphatic heterocycles. The molecule has 92 heavy (non-hydrogen) atoms. The van der Waals surface area contributed by atoms with E-state index in [0.717, 1.165) is 148 Å². The number of hydrogen-bond donors (Lipinski definition) is 2. The van der Waals surface area contributed by atoms with Crippen LogP contribution in [0.2, 0.25) is 0 Å². The Morgan fingerprint density at radius 2 is 0.641 bits per heavy atom. The fraction of sp³-hybridized carbons (Fsp3) is 0.244. The Bertz CT molecular complexity index is 4160. The van der Waals surface area contributed by atoms with Crippen LogP contribution in [-0.2, 0) is 38.8 Å². The summed E-state index contributed by atoms with van der Waals surface area (Å²) in [6.07, 6.45) is 4.63. The van der Waals surface area contributed by atoms with E-state index in [1.165, 1.54) is 0 Å². The molecule has 13 rings (SSSR count). The van der Waals surface area contributed by atoms with Crippen molar-refractivity contribution in [1.82, 2.24) is 10.6 Å². The topological polar surface area (TPSA) is 114 Å². The first-order chi connectivity index (χ1) is 45.1. The minimum Gasteiger partial charge on any atom is -0.495 e. The molecule has 1 aliphatic carbocycles. The molecule has 2 N–H and O–H groups in total. The third-order valence-corrected chi connectivity index (χ3v) is 16.7. The van der Waals surface area contributed by atoms with E-state index in [1.807, 2.05) is 121 Å². The van der Waals surface area contributed by atoms with Gasteiger partial charge in [-0.05, 0) is 166 Å². The van der Waals surface area contributed by atoms with Crippen LogP contribution < -0.4 is 39.1 Å². The molecule has 0 fully saturated rings. The fourth-order valence-corrected chi connectivity index (χ4v) is 12.7. The molecule has 0 unspecified atom stereocenters. The van der Waals surface area contributed by atoms with Crippen molar-refractivity contribution in [2.75, 3.05) is 40.6 Å². The van der Waals surface area contributed by atoms with Gasteiger partial charge in [0.2, 0.25) is 0 Å². The van der Waals surface area contributed by atoms with Gasteiger partial charge in [0.15, 0.2) is 0 Å². The van der Waals surface area contributed by atoms with Crippen LogP contribution in [0.25, 0.3) is 32.7 Å². The van der Waals surface area contributed by atoms with Gasteiger partial charge in [0.1, 0.15) is 34.5 Å². The molecule has 0 aromatic heterocycles. The van der Waals surface area contributed by atoms with Gasteiger partial charge in [-0.1, -0.05) is 136 Å². The van der Waals surface area contributed by atoms with Crippen LogP contribution in [0.1, 0.15) is 152 Å². The second kappa shape index (κ2) is 28.6. The molecule has 0 saturated carbocycles. The van der Waals surface area contributed by atoms with Crippen LogP contribution in [0.3, 0.4) is 0 Å². The van der Waals surface area contributed by atoms with E-state index >= 15 is 9.59 Å². The molecule has 462 valence electrons. The van der Waals surface area contributed by atoms with Gasteiger partial charge in [0.05, 0.1) is 51.8 Å². The lowest BCUT2D eigenvalue weighted by Gasteiger charge is -2.24. The molecule has 10 nitrogen and oxygen atoms in total. The first-order valence-electron chi connectivity index (χ1n) is 32.2. The summed E-state index contributed by atoms with van der Waals surface area (Å²) in [7, 11) is 3.17. The molecule has 0 atom stereocenters. The van der Waals surface area contributed by atoms with Crippen molar-refractivity contribution in [1.29, 1.82) is 0 Å². The number of rotatable bonds is 14. The van der Waals surface area contributed by atoms with Gasteiger partial charge in [0.25, 0.3) is 11.8 Å². The minimum absolute atomic E-state index is 0.137. The molecule has 2 amide bonds. The van der Waals surface area contributed by atoms with Crippen molar-refractivity contribution < 1.29 is 38.0 Å². The molecular weight excluding hydrogens is 1140 g/mol. The number of amides is 2. The molecule has 0 radical (unpaired) electrons. The number of carbonyl (C=O) groups is 2. The lowest BCUT2D eigenvalue weighted by atomic mass is 9.88. The Labute approximate surface area is 540 Å². The van der Waals surface area contributed by atoms with E-state index < -0.39 is 0 Å². The summed E-state index contributed by atoms with van der Waals surface area (Å²) in [4.78, 5) is 31.0. The number of fused-ring (bicyclic) bond motifs is 6. The van der Waals surface area contributed by atoms with Crippen LogP contribution in [0, 0.1) is 23.7 Å². The number of carbonyl (C=O) groups excluding carboxylic acids is 2. The number of benzene rings is 10. The van der Waals surface area contributed by atoms with E-state index in [0.29, 0.717) is 85.9 Å². The highest BCUT2D eigenvalue weighted by atomic mass is 16.5. The summed E-state index contributed by atoms with van der Waals surface area (Å²) in [6.45, 7) is 10.6. The van der Waals surface area contributed by atoms with Crippen LogP contribution in [0.5, 0.6) is 34.5 Å². The number of nitrogens with one attached hydrogen (secondary N) is 2. The molecule has 0 spiro atoms. The average molecular weight is 1220 g/mol. The molecular formula is C82H76N2O8. The Kier molecular flexibility index (Phi) is 19.2. The molecule has 10 aromatic carbocycles. The largest absolute Gasteiger partial charge is 0.495 e. The monoisotopic (exact) mass is 1220 g/mol. The van der Waals surface area contributed by atoms with Gasteiger partial charge in [-0.15, -0.1) is 0 Å². The molecule has 10 aromatic rings. The second-order valence-electron chi connectivity index (χ2n) is 23.5. The fourth-order valence-electron chi connectivity index (χ4n) is 12.7. The van der Waals surface area contributed by atoms with Crippen molar-refractivity contribution >= 4 is 33.4 Å². The first kappa shape index (κ1) is 61.8. The molecule has 2 heterocycles. The SMILES string of the molecule is CCCOc1c2cc(C#Cc3ccccc3)cc1Cc1cc3cc(c1OCCC)Cc1cc(C#Cc4ccccc4)cc(c1OCCC)Cc1cc(cc(c1OCCC)C2)CNC(=O)c1cc2ccccc2c(c1OC)-c1c(OC)c(cc2ccccc12)C(=O)NC3. The van der Waals surface area contributed by atoms with Crippen LogP contribution >= 0.6 is 0 Å². The van der Waals surface area contributed by atoms with Gasteiger partial charge in [-0.2, -0.15) is 0 Å². The minimum atomic E-state index is -0.352. The number of methoxy groups -OCH3 is 2. The number of ether oxygens (including phenoxy) is 6.